The first kappa shape index (κ1) is 14.6. The van der Waals surface area contributed by atoms with Gasteiger partial charge in [0.05, 0.1) is 0 Å². The average molecular weight is 307 g/mol. The molecule has 5 heteroatoms. The van der Waals surface area contributed by atoms with Gasteiger partial charge >= 0.3 is 0 Å². The van der Waals surface area contributed by atoms with E-state index in [1.807, 2.05) is 19.9 Å². The van der Waals surface area contributed by atoms with E-state index in [1.54, 1.807) is 12.1 Å². The second-order valence-electron chi connectivity index (χ2n) is 4.48. The van der Waals surface area contributed by atoms with Crippen molar-refractivity contribution >= 4 is 29.0 Å². The van der Waals surface area contributed by atoms with Crippen LogP contribution in [0, 0.1) is 18.3 Å². The third kappa shape index (κ3) is 2.45. The summed E-state index contributed by atoms with van der Waals surface area (Å²) in [4.78, 5) is 3.07. The molecule has 0 spiro atoms. The van der Waals surface area contributed by atoms with E-state index in [-0.39, 0.29) is 0 Å². The van der Waals surface area contributed by atoms with Crippen LogP contribution >= 0.6 is 23.2 Å². The third-order valence-electron chi connectivity index (χ3n) is 3.30. The number of aromatic nitrogens is 1. The van der Waals surface area contributed by atoms with Crippen molar-refractivity contribution in [2.75, 3.05) is 5.73 Å². The highest BCUT2D eigenvalue weighted by atomic mass is 35.5. The Morgan fingerprint density at radius 2 is 2.05 bits per heavy atom. The van der Waals surface area contributed by atoms with Crippen molar-refractivity contribution in [1.29, 1.82) is 5.26 Å². The molecule has 0 aliphatic heterocycles. The van der Waals surface area contributed by atoms with Crippen LogP contribution in [0.3, 0.4) is 0 Å². The molecule has 0 aliphatic rings. The molecule has 0 aliphatic carbocycles. The van der Waals surface area contributed by atoms with Crippen LogP contribution in [0.1, 0.15) is 23.7 Å². The molecule has 0 unspecified atom stereocenters. The van der Waals surface area contributed by atoms with E-state index in [0.29, 0.717) is 21.4 Å². The largest absolute Gasteiger partial charge is 0.289 e. The predicted molar refractivity (Wildman–Crippen MR) is 81.7 cm³/mol. The van der Waals surface area contributed by atoms with Crippen LogP contribution in [-0.2, 0) is 6.42 Å². The molecule has 20 heavy (non-hydrogen) atoms. The second-order valence-corrected chi connectivity index (χ2v) is 5.33. The highest BCUT2D eigenvalue weighted by molar-refractivity contribution is 6.36. The molecule has 0 atom stereocenters. The summed E-state index contributed by atoms with van der Waals surface area (Å²) in [6.45, 7) is 3.98. The Bertz CT molecular complexity index is 717. The van der Waals surface area contributed by atoms with Gasteiger partial charge in [0.15, 0.2) is 0 Å². The SMILES string of the molecule is CCc1[nH+]c(N)c(C#N)c(-c2ccc(Cl)cc2Cl)c1C. The zero-order valence-electron chi connectivity index (χ0n) is 11.2. The summed E-state index contributed by atoms with van der Waals surface area (Å²) >= 11 is 12.2. The molecular formula is C15H14Cl2N3+. The van der Waals surface area contributed by atoms with E-state index in [2.05, 4.69) is 11.1 Å². The number of pyridine rings is 1. The summed E-state index contributed by atoms with van der Waals surface area (Å²) in [6.07, 6.45) is 0.792. The maximum Gasteiger partial charge on any atom is 0.289 e. The number of hydrogen-bond donors (Lipinski definition) is 1. The fourth-order valence-corrected chi connectivity index (χ4v) is 2.79. The maximum absolute atomic E-state index is 9.37. The summed E-state index contributed by atoms with van der Waals surface area (Å²) in [5.41, 5.74) is 9.85. The molecule has 0 bridgehead atoms. The topological polar surface area (TPSA) is 63.9 Å². The lowest BCUT2D eigenvalue weighted by Crippen LogP contribution is -2.20. The lowest BCUT2D eigenvalue weighted by atomic mass is 9.94. The predicted octanol–water partition coefficient (Wildman–Crippen LogP) is 3.80. The van der Waals surface area contributed by atoms with Crippen molar-refractivity contribution < 1.29 is 4.98 Å². The zero-order valence-corrected chi connectivity index (χ0v) is 12.7. The van der Waals surface area contributed by atoms with E-state index >= 15 is 0 Å². The molecule has 0 amide bonds. The molecule has 2 rings (SSSR count). The Kier molecular flexibility index (Phi) is 4.17. The number of nitrogen functional groups attached to an aromatic ring is 1. The minimum absolute atomic E-state index is 0.357. The lowest BCUT2D eigenvalue weighted by Gasteiger charge is -2.12. The minimum Gasteiger partial charge on any atom is -0.286 e. The van der Waals surface area contributed by atoms with Crippen molar-refractivity contribution in [2.24, 2.45) is 0 Å². The first-order chi connectivity index (χ1) is 9.49. The summed E-state index contributed by atoms with van der Waals surface area (Å²) in [5, 5.41) is 10.4. The van der Waals surface area contributed by atoms with Gasteiger partial charge in [-0.25, -0.2) is 4.98 Å². The number of aromatic amines is 1. The number of hydrogen-bond acceptors (Lipinski definition) is 2. The van der Waals surface area contributed by atoms with Gasteiger partial charge in [0.25, 0.3) is 5.82 Å². The molecule has 1 aromatic heterocycles. The molecule has 1 heterocycles. The molecular weight excluding hydrogens is 293 g/mol. The molecule has 0 fully saturated rings. The number of nitrogens with two attached hydrogens (primary N) is 1. The normalized spacial score (nSPS) is 10.3. The highest BCUT2D eigenvalue weighted by Crippen LogP contribution is 2.36. The zero-order chi connectivity index (χ0) is 14.9. The fourth-order valence-electron chi connectivity index (χ4n) is 2.29. The van der Waals surface area contributed by atoms with Crippen LogP contribution in [-0.4, -0.2) is 0 Å². The molecule has 0 radical (unpaired) electrons. The average Bonchev–Trinajstić information content (AvgIpc) is 2.41. The number of rotatable bonds is 2. The monoisotopic (exact) mass is 306 g/mol. The summed E-state index contributed by atoms with van der Waals surface area (Å²) < 4.78 is 0. The quantitative estimate of drug-likeness (QED) is 0.917. The van der Waals surface area contributed by atoms with Crippen molar-refractivity contribution in [2.45, 2.75) is 20.3 Å². The lowest BCUT2D eigenvalue weighted by molar-refractivity contribution is -0.373. The van der Waals surface area contributed by atoms with E-state index in [9.17, 15) is 5.26 Å². The smallest absolute Gasteiger partial charge is 0.286 e. The second kappa shape index (κ2) is 5.70. The number of nitrogens with zero attached hydrogens (tertiary/aromatic N) is 1. The summed E-state index contributed by atoms with van der Waals surface area (Å²) in [5.74, 6) is 0.357. The van der Waals surface area contributed by atoms with Gasteiger partial charge in [0.1, 0.15) is 17.3 Å². The number of benzene rings is 1. The fraction of sp³-hybridized carbons (Fsp3) is 0.200. The van der Waals surface area contributed by atoms with Gasteiger partial charge < -0.3 is 0 Å². The van der Waals surface area contributed by atoms with Crippen molar-refractivity contribution in [3.8, 4) is 17.2 Å². The minimum atomic E-state index is 0.357. The standard InChI is InChI=1S/C15H13Cl2N3/c1-3-13-8(2)14(11(7-18)15(19)20-13)10-5-4-9(16)6-12(10)17/h4-6H,3H2,1-2H3,(H2,19,20)/p+1. The first-order valence-corrected chi connectivity index (χ1v) is 6.94. The van der Waals surface area contributed by atoms with Gasteiger partial charge in [-0.2, -0.15) is 5.26 Å². The number of anilines is 1. The van der Waals surface area contributed by atoms with Gasteiger partial charge in [-0.3, -0.25) is 5.73 Å². The molecule has 1 aromatic carbocycles. The van der Waals surface area contributed by atoms with Gasteiger partial charge in [0.2, 0.25) is 0 Å². The number of nitriles is 1. The van der Waals surface area contributed by atoms with Gasteiger partial charge in [-0.1, -0.05) is 36.2 Å². The third-order valence-corrected chi connectivity index (χ3v) is 3.85. The molecule has 0 saturated heterocycles. The van der Waals surface area contributed by atoms with Crippen LogP contribution in [0.2, 0.25) is 10.0 Å². The van der Waals surface area contributed by atoms with E-state index in [0.717, 1.165) is 28.8 Å². The molecule has 3 N–H and O–H groups in total. The Labute approximate surface area is 128 Å². The van der Waals surface area contributed by atoms with Gasteiger partial charge in [0, 0.05) is 33.2 Å². The summed E-state index contributed by atoms with van der Waals surface area (Å²) in [7, 11) is 0. The Morgan fingerprint density at radius 1 is 1.35 bits per heavy atom. The number of nitrogens with one attached hydrogen (secondary N) is 1. The van der Waals surface area contributed by atoms with Crippen LogP contribution in [0.15, 0.2) is 18.2 Å². The van der Waals surface area contributed by atoms with Crippen LogP contribution in [0.4, 0.5) is 5.82 Å². The van der Waals surface area contributed by atoms with E-state index in [1.165, 1.54) is 0 Å². The number of halogens is 2. The molecule has 2 aromatic rings. The van der Waals surface area contributed by atoms with Gasteiger partial charge in [-0.05, 0) is 19.1 Å². The number of aryl methyl sites for hydroxylation is 1. The van der Waals surface area contributed by atoms with E-state index in [4.69, 9.17) is 28.9 Å². The first-order valence-electron chi connectivity index (χ1n) is 6.19. The van der Waals surface area contributed by atoms with Crippen molar-refractivity contribution in [1.82, 2.24) is 0 Å². The van der Waals surface area contributed by atoms with Crippen molar-refractivity contribution in [3.63, 3.8) is 0 Å². The maximum atomic E-state index is 9.37. The summed E-state index contributed by atoms with van der Waals surface area (Å²) in [6, 6.07) is 7.38. The molecule has 102 valence electrons. The van der Waals surface area contributed by atoms with Crippen LogP contribution in [0.25, 0.3) is 11.1 Å². The van der Waals surface area contributed by atoms with Gasteiger partial charge in [-0.15, -0.1) is 0 Å². The number of H-pyrrole nitrogens is 1. The van der Waals surface area contributed by atoms with E-state index < -0.39 is 0 Å². The van der Waals surface area contributed by atoms with Crippen LogP contribution in [0.5, 0.6) is 0 Å². The Morgan fingerprint density at radius 3 is 2.60 bits per heavy atom. The van der Waals surface area contributed by atoms with Crippen molar-refractivity contribution in [3.05, 3.63) is 45.1 Å². The molecule has 3 nitrogen and oxygen atoms in total. The van der Waals surface area contributed by atoms with Crippen LogP contribution < -0.4 is 10.7 Å². The Hall–Kier alpha value is -1.76. The Balaban J connectivity index is 2.85. The highest BCUT2D eigenvalue weighted by Gasteiger charge is 2.21. The molecule has 0 saturated carbocycles.